The number of esters is 1. The van der Waals surface area contributed by atoms with Crippen LogP contribution >= 0.6 is 0 Å². The third kappa shape index (κ3) is 4.03. The van der Waals surface area contributed by atoms with E-state index >= 15 is 0 Å². The van der Waals surface area contributed by atoms with Gasteiger partial charge in [0.15, 0.2) is 0 Å². The number of rotatable bonds is 6. The fourth-order valence-corrected chi connectivity index (χ4v) is 2.95. The van der Waals surface area contributed by atoms with Gasteiger partial charge in [-0.25, -0.2) is 17.9 Å². The van der Waals surface area contributed by atoms with E-state index in [-0.39, 0.29) is 23.0 Å². The topological polar surface area (TPSA) is 84.5 Å². The molecule has 1 aromatic rings. The van der Waals surface area contributed by atoms with Crippen molar-refractivity contribution in [2.75, 3.05) is 20.7 Å². The Balaban J connectivity index is 3.07. The maximum atomic E-state index is 12.2. The maximum Gasteiger partial charge on any atom is 0.337 e. The van der Waals surface area contributed by atoms with Crippen LogP contribution in [0, 0.1) is 6.92 Å². The molecule has 0 saturated heterocycles. The summed E-state index contributed by atoms with van der Waals surface area (Å²) >= 11 is 0. The van der Waals surface area contributed by atoms with Gasteiger partial charge in [0.2, 0.25) is 10.0 Å². The van der Waals surface area contributed by atoms with E-state index in [0.29, 0.717) is 5.56 Å². The Labute approximate surface area is 119 Å². The van der Waals surface area contributed by atoms with Gasteiger partial charge in [0.1, 0.15) is 0 Å². The number of hydrogen-bond donors (Lipinski definition) is 2. The fraction of sp³-hybridized carbons (Fsp3) is 0.462. The number of carbonyl (C=O) groups excluding carboxylic acids is 1. The lowest BCUT2D eigenvalue weighted by Crippen LogP contribution is -2.37. The lowest BCUT2D eigenvalue weighted by Gasteiger charge is -2.14. The standard InChI is InChI=1S/C13H20N2O4S/c1-9-5-6-11(13(16)19-4)7-12(9)20(17,18)15-8-10(2)14-3/h5-7,10,14-15H,8H2,1-4H3. The highest BCUT2D eigenvalue weighted by Crippen LogP contribution is 2.17. The van der Waals surface area contributed by atoms with Gasteiger partial charge in [-0.2, -0.15) is 0 Å². The van der Waals surface area contributed by atoms with Crippen molar-refractivity contribution in [1.29, 1.82) is 0 Å². The summed E-state index contributed by atoms with van der Waals surface area (Å²) in [6.07, 6.45) is 0. The van der Waals surface area contributed by atoms with E-state index in [4.69, 9.17) is 0 Å². The zero-order valence-electron chi connectivity index (χ0n) is 12.1. The molecule has 0 aromatic heterocycles. The van der Waals surface area contributed by atoms with Crippen LogP contribution in [0.2, 0.25) is 0 Å². The Morgan fingerprint density at radius 2 is 2.05 bits per heavy atom. The third-order valence-electron chi connectivity index (χ3n) is 2.97. The van der Waals surface area contributed by atoms with Gasteiger partial charge in [-0.05, 0) is 38.6 Å². The predicted molar refractivity (Wildman–Crippen MR) is 76.2 cm³/mol. The molecule has 0 aliphatic carbocycles. The van der Waals surface area contributed by atoms with E-state index in [9.17, 15) is 13.2 Å². The van der Waals surface area contributed by atoms with Gasteiger partial charge in [-0.3, -0.25) is 0 Å². The number of nitrogens with one attached hydrogen (secondary N) is 2. The summed E-state index contributed by atoms with van der Waals surface area (Å²) in [5.41, 5.74) is 0.780. The molecule has 0 spiro atoms. The molecule has 0 heterocycles. The number of carbonyl (C=O) groups is 1. The number of aryl methyl sites for hydroxylation is 1. The average molecular weight is 300 g/mol. The van der Waals surface area contributed by atoms with Crippen molar-refractivity contribution >= 4 is 16.0 Å². The molecule has 6 nitrogen and oxygen atoms in total. The first-order valence-corrected chi connectivity index (χ1v) is 7.66. The van der Waals surface area contributed by atoms with Crippen molar-refractivity contribution in [2.45, 2.75) is 24.8 Å². The van der Waals surface area contributed by atoms with Crippen molar-refractivity contribution < 1.29 is 17.9 Å². The highest BCUT2D eigenvalue weighted by molar-refractivity contribution is 7.89. The maximum absolute atomic E-state index is 12.2. The Hall–Kier alpha value is -1.44. The van der Waals surface area contributed by atoms with E-state index < -0.39 is 16.0 Å². The summed E-state index contributed by atoms with van der Waals surface area (Å²) in [5.74, 6) is -0.565. The molecule has 0 saturated carbocycles. The van der Waals surface area contributed by atoms with Crippen LogP contribution in [0.4, 0.5) is 0 Å². The summed E-state index contributed by atoms with van der Waals surface area (Å²) < 4.78 is 31.6. The smallest absolute Gasteiger partial charge is 0.337 e. The van der Waals surface area contributed by atoms with Crippen LogP contribution in [-0.4, -0.2) is 41.1 Å². The van der Waals surface area contributed by atoms with Crippen LogP contribution in [0.3, 0.4) is 0 Å². The fourth-order valence-electron chi connectivity index (χ4n) is 1.55. The van der Waals surface area contributed by atoms with E-state index in [2.05, 4.69) is 14.8 Å². The second-order valence-electron chi connectivity index (χ2n) is 4.51. The van der Waals surface area contributed by atoms with Gasteiger partial charge in [-0.15, -0.1) is 0 Å². The number of hydrogen-bond acceptors (Lipinski definition) is 5. The molecule has 0 amide bonds. The molecule has 1 rings (SSSR count). The van der Waals surface area contributed by atoms with Gasteiger partial charge < -0.3 is 10.1 Å². The molecular weight excluding hydrogens is 280 g/mol. The second kappa shape index (κ2) is 6.83. The molecule has 1 unspecified atom stereocenters. The van der Waals surface area contributed by atoms with Gasteiger partial charge in [-0.1, -0.05) is 6.07 Å². The molecule has 1 aromatic carbocycles. The third-order valence-corrected chi connectivity index (χ3v) is 4.54. The monoisotopic (exact) mass is 300 g/mol. The molecule has 2 N–H and O–H groups in total. The SMILES string of the molecule is CNC(C)CNS(=O)(=O)c1cc(C(=O)OC)ccc1C. The minimum Gasteiger partial charge on any atom is -0.465 e. The number of likely N-dealkylation sites (N-methyl/N-ethyl adjacent to an activating group) is 1. The molecule has 0 radical (unpaired) electrons. The molecule has 20 heavy (non-hydrogen) atoms. The van der Waals surface area contributed by atoms with Crippen LogP contribution in [0.15, 0.2) is 23.1 Å². The van der Waals surface area contributed by atoms with E-state index in [1.54, 1.807) is 20.0 Å². The molecule has 0 aliphatic heterocycles. The molecule has 112 valence electrons. The minimum atomic E-state index is -3.66. The highest BCUT2D eigenvalue weighted by atomic mass is 32.2. The predicted octanol–water partition coefficient (Wildman–Crippen LogP) is 0.668. The van der Waals surface area contributed by atoms with Gasteiger partial charge in [0.25, 0.3) is 0 Å². The quantitative estimate of drug-likeness (QED) is 0.754. The lowest BCUT2D eigenvalue weighted by atomic mass is 10.1. The Morgan fingerprint density at radius 1 is 1.40 bits per heavy atom. The molecule has 0 fully saturated rings. The summed E-state index contributed by atoms with van der Waals surface area (Å²) in [6, 6.07) is 4.46. The second-order valence-corrected chi connectivity index (χ2v) is 6.25. The summed E-state index contributed by atoms with van der Waals surface area (Å²) in [7, 11) is -0.653. The lowest BCUT2D eigenvalue weighted by molar-refractivity contribution is 0.0600. The summed E-state index contributed by atoms with van der Waals surface area (Å²) in [5, 5.41) is 2.94. The van der Waals surface area contributed by atoms with E-state index in [1.165, 1.54) is 19.2 Å². The Bertz CT molecular complexity index is 584. The van der Waals surface area contributed by atoms with Crippen molar-refractivity contribution in [3.8, 4) is 0 Å². The summed E-state index contributed by atoms with van der Waals surface area (Å²) in [6.45, 7) is 3.80. The van der Waals surface area contributed by atoms with E-state index in [0.717, 1.165) is 0 Å². The zero-order valence-corrected chi connectivity index (χ0v) is 12.9. The molecule has 0 bridgehead atoms. The minimum absolute atomic E-state index is 0.00821. The molecular formula is C13H20N2O4S. The molecule has 7 heteroatoms. The Morgan fingerprint density at radius 3 is 2.60 bits per heavy atom. The first kappa shape index (κ1) is 16.6. The number of sulfonamides is 1. The number of benzene rings is 1. The summed E-state index contributed by atoms with van der Waals surface area (Å²) in [4.78, 5) is 11.6. The molecule has 0 aliphatic rings. The average Bonchev–Trinajstić information content (AvgIpc) is 2.44. The van der Waals surface area contributed by atoms with Crippen molar-refractivity contribution in [1.82, 2.24) is 10.0 Å². The normalized spacial score (nSPS) is 13.0. The van der Waals surface area contributed by atoms with Crippen molar-refractivity contribution in [3.05, 3.63) is 29.3 Å². The molecule has 1 atom stereocenters. The largest absolute Gasteiger partial charge is 0.465 e. The highest BCUT2D eigenvalue weighted by Gasteiger charge is 2.19. The van der Waals surface area contributed by atoms with Gasteiger partial charge in [0.05, 0.1) is 17.6 Å². The van der Waals surface area contributed by atoms with Crippen LogP contribution in [0.5, 0.6) is 0 Å². The van der Waals surface area contributed by atoms with Crippen LogP contribution in [0.1, 0.15) is 22.8 Å². The number of methoxy groups -OCH3 is 1. The first-order valence-electron chi connectivity index (χ1n) is 6.17. The zero-order chi connectivity index (χ0) is 15.3. The van der Waals surface area contributed by atoms with E-state index in [1.807, 2.05) is 6.92 Å². The number of ether oxygens (including phenoxy) is 1. The van der Waals surface area contributed by atoms with Crippen LogP contribution in [0.25, 0.3) is 0 Å². The van der Waals surface area contributed by atoms with Gasteiger partial charge >= 0.3 is 5.97 Å². The van der Waals surface area contributed by atoms with Crippen molar-refractivity contribution in [2.24, 2.45) is 0 Å². The van der Waals surface area contributed by atoms with Crippen LogP contribution in [-0.2, 0) is 14.8 Å². The van der Waals surface area contributed by atoms with Gasteiger partial charge in [0, 0.05) is 12.6 Å². The Kier molecular flexibility index (Phi) is 5.67. The van der Waals surface area contributed by atoms with Crippen LogP contribution < -0.4 is 10.0 Å². The van der Waals surface area contributed by atoms with Crippen molar-refractivity contribution in [3.63, 3.8) is 0 Å². The first-order chi connectivity index (χ1) is 9.31.